The van der Waals surface area contributed by atoms with Crippen LogP contribution in [0.2, 0.25) is 0 Å². The highest BCUT2D eigenvalue weighted by atomic mass is 15.3. The summed E-state index contributed by atoms with van der Waals surface area (Å²) in [5, 5.41) is 8.45. The summed E-state index contributed by atoms with van der Waals surface area (Å²) < 4.78 is 0. The van der Waals surface area contributed by atoms with Crippen LogP contribution in [-0.4, -0.2) is 29.4 Å². The van der Waals surface area contributed by atoms with Crippen molar-refractivity contribution in [2.45, 2.75) is 33.2 Å². The molecule has 0 amide bonds. The molecule has 0 N–H and O–H groups in total. The monoisotopic (exact) mass is 345 g/mol. The number of aliphatic imine (C=N–C) groups is 2. The zero-order chi connectivity index (χ0) is 18.4. The Labute approximate surface area is 154 Å². The zero-order valence-electron chi connectivity index (χ0n) is 15.3. The summed E-state index contributed by atoms with van der Waals surface area (Å²) in [7, 11) is 0. The number of allylic oxidation sites excluding steroid dienone is 1. The van der Waals surface area contributed by atoms with Crippen molar-refractivity contribution in [3.63, 3.8) is 0 Å². The van der Waals surface area contributed by atoms with E-state index >= 15 is 0 Å². The van der Waals surface area contributed by atoms with Crippen LogP contribution in [0.25, 0.3) is 5.70 Å². The predicted molar refractivity (Wildman–Crippen MR) is 111 cm³/mol. The van der Waals surface area contributed by atoms with E-state index in [1.807, 2.05) is 6.08 Å². The SMILES string of the molecule is C=C1c2cc(CCC)c(C)cc2CN1C1=N/N=C\C=C/N=C/C=N/C=C\1. The second-order valence-corrected chi connectivity index (χ2v) is 6.19. The molecule has 0 aromatic heterocycles. The molecule has 26 heavy (non-hydrogen) atoms. The lowest BCUT2D eigenvalue weighted by Crippen LogP contribution is -2.22. The molecule has 0 aliphatic carbocycles. The maximum absolute atomic E-state index is 4.34. The zero-order valence-corrected chi connectivity index (χ0v) is 15.3. The summed E-state index contributed by atoms with van der Waals surface area (Å²) in [5.74, 6) is 0.709. The van der Waals surface area contributed by atoms with E-state index in [1.165, 1.54) is 22.3 Å². The van der Waals surface area contributed by atoms with Crippen LogP contribution in [0.3, 0.4) is 0 Å². The number of amidine groups is 1. The third kappa shape index (κ3) is 3.94. The summed E-state index contributed by atoms with van der Waals surface area (Å²) in [4.78, 5) is 10.3. The van der Waals surface area contributed by atoms with E-state index in [2.05, 4.69) is 57.6 Å². The maximum atomic E-state index is 4.34. The van der Waals surface area contributed by atoms with Crippen LogP contribution in [0, 0.1) is 6.92 Å². The lowest BCUT2D eigenvalue weighted by atomic mass is 9.97. The minimum atomic E-state index is 0.709. The van der Waals surface area contributed by atoms with Crippen molar-refractivity contribution in [1.82, 2.24) is 4.90 Å². The summed E-state index contributed by atoms with van der Waals surface area (Å²) in [6, 6.07) is 4.54. The van der Waals surface area contributed by atoms with Gasteiger partial charge in [-0.25, -0.2) is 0 Å². The van der Waals surface area contributed by atoms with E-state index in [0.717, 1.165) is 25.1 Å². The predicted octanol–water partition coefficient (Wildman–Crippen LogP) is 4.30. The Morgan fingerprint density at radius 3 is 2.73 bits per heavy atom. The van der Waals surface area contributed by atoms with Crippen LogP contribution >= 0.6 is 0 Å². The third-order valence-electron chi connectivity index (χ3n) is 4.36. The van der Waals surface area contributed by atoms with E-state index in [-0.39, 0.29) is 0 Å². The molecule has 5 nitrogen and oxygen atoms in total. The molecule has 0 saturated heterocycles. The van der Waals surface area contributed by atoms with Gasteiger partial charge in [0.25, 0.3) is 0 Å². The Kier molecular flexibility index (Phi) is 5.69. The number of fused-ring (bicyclic) bond motifs is 1. The van der Waals surface area contributed by atoms with Crippen LogP contribution in [0.1, 0.15) is 35.6 Å². The normalized spacial score (nSPS) is 24.6. The number of hydrogen-bond donors (Lipinski definition) is 0. The van der Waals surface area contributed by atoms with Gasteiger partial charge >= 0.3 is 0 Å². The molecule has 0 fully saturated rings. The fourth-order valence-corrected chi connectivity index (χ4v) is 3.06. The molecule has 2 aliphatic rings. The van der Waals surface area contributed by atoms with Crippen molar-refractivity contribution in [3.05, 3.63) is 65.5 Å². The van der Waals surface area contributed by atoms with Gasteiger partial charge in [0.1, 0.15) is 0 Å². The molecule has 132 valence electrons. The minimum absolute atomic E-state index is 0.709. The van der Waals surface area contributed by atoms with E-state index in [1.54, 1.807) is 37.1 Å². The Balaban J connectivity index is 1.92. The fourth-order valence-electron chi connectivity index (χ4n) is 3.06. The number of benzene rings is 1. The Bertz CT molecular complexity index is 869. The second-order valence-electron chi connectivity index (χ2n) is 6.19. The number of aryl methyl sites for hydroxylation is 2. The van der Waals surface area contributed by atoms with Gasteiger partial charge in [-0.3, -0.25) is 9.98 Å². The van der Waals surface area contributed by atoms with E-state index < -0.39 is 0 Å². The highest BCUT2D eigenvalue weighted by Crippen LogP contribution is 2.34. The van der Waals surface area contributed by atoms with E-state index in [9.17, 15) is 0 Å². The first-order valence-corrected chi connectivity index (χ1v) is 8.77. The molecule has 0 atom stereocenters. The standard InChI is InChI=1S/C21H23N5/c1-4-6-18-14-20-17(3)26(15-19(20)13-16(18)2)21-7-10-23-12-11-22-8-5-9-24-25-21/h5,7-14H,3-4,6,15H2,1-2H3/b8-5-,9-5?,10-7-,12-11?,21-7?,22-8?,22-11+,23-10?,23-12+,24-9-,25-21+,25-24?. The summed E-state index contributed by atoms with van der Waals surface area (Å²) >= 11 is 0. The van der Waals surface area contributed by atoms with Crippen LogP contribution in [0.15, 0.2) is 63.5 Å². The molecular formula is C21H23N5. The minimum Gasteiger partial charge on any atom is -0.320 e. The average molecular weight is 345 g/mol. The first-order chi connectivity index (χ1) is 12.7. The highest BCUT2D eigenvalue weighted by molar-refractivity contribution is 6.16. The molecule has 0 spiro atoms. The molecule has 1 aromatic rings. The highest BCUT2D eigenvalue weighted by Gasteiger charge is 2.26. The van der Waals surface area contributed by atoms with Crippen molar-refractivity contribution in [3.8, 4) is 0 Å². The van der Waals surface area contributed by atoms with Crippen molar-refractivity contribution in [2.75, 3.05) is 0 Å². The van der Waals surface area contributed by atoms with E-state index in [4.69, 9.17) is 0 Å². The van der Waals surface area contributed by atoms with Gasteiger partial charge in [0.05, 0.1) is 12.8 Å². The first kappa shape index (κ1) is 17.7. The van der Waals surface area contributed by atoms with Crippen LogP contribution in [0.5, 0.6) is 0 Å². The van der Waals surface area contributed by atoms with Crippen LogP contribution in [-0.2, 0) is 13.0 Å². The molecule has 0 radical (unpaired) electrons. The maximum Gasteiger partial charge on any atom is 0.157 e. The number of rotatable bonds is 2. The van der Waals surface area contributed by atoms with E-state index in [0.29, 0.717) is 5.84 Å². The van der Waals surface area contributed by atoms with Crippen LogP contribution < -0.4 is 0 Å². The fraction of sp³-hybridized carbons (Fsp3) is 0.238. The lowest BCUT2D eigenvalue weighted by Gasteiger charge is -2.18. The van der Waals surface area contributed by atoms with Gasteiger partial charge in [-0.2, -0.15) is 5.10 Å². The van der Waals surface area contributed by atoms with Gasteiger partial charge in [0, 0.05) is 42.2 Å². The Hall–Kier alpha value is -3.08. The third-order valence-corrected chi connectivity index (χ3v) is 4.36. The van der Waals surface area contributed by atoms with Crippen molar-refractivity contribution >= 4 is 30.2 Å². The molecule has 2 aliphatic heterocycles. The van der Waals surface area contributed by atoms with Gasteiger partial charge in [-0.15, -0.1) is 5.10 Å². The van der Waals surface area contributed by atoms with Crippen molar-refractivity contribution < 1.29 is 0 Å². The summed E-state index contributed by atoms with van der Waals surface area (Å²) in [6.07, 6.45) is 14.0. The molecule has 0 saturated carbocycles. The Morgan fingerprint density at radius 1 is 1.12 bits per heavy atom. The average Bonchev–Trinajstić information content (AvgIpc) is 2.92. The second kappa shape index (κ2) is 8.34. The van der Waals surface area contributed by atoms with Crippen LogP contribution in [0.4, 0.5) is 0 Å². The number of hydrogen-bond acceptors (Lipinski definition) is 5. The molecular weight excluding hydrogens is 322 g/mol. The lowest BCUT2D eigenvalue weighted by molar-refractivity contribution is 0.610. The molecule has 0 unspecified atom stereocenters. The molecule has 5 heteroatoms. The molecule has 3 rings (SSSR count). The van der Waals surface area contributed by atoms with Gasteiger partial charge in [0.2, 0.25) is 0 Å². The first-order valence-electron chi connectivity index (χ1n) is 8.77. The smallest absolute Gasteiger partial charge is 0.157 e. The molecule has 0 bridgehead atoms. The molecule has 1 aromatic carbocycles. The topological polar surface area (TPSA) is 52.7 Å². The quantitative estimate of drug-likeness (QED) is 0.788. The van der Waals surface area contributed by atoms with Crippen molar-refractivity contribution in [2.24, 2.45) is 20.2 Å². The van der Waals surface area contributed by atoms with Gasteiger partial charge in [-0.1, -0.05) is 26.0 Å². The summed E-state index contributed by atoms with van der Waals surface area (Å²) in [5.41, 5.74) is 6.14. The van der Waals surface area contributed by atoms with Gasteiger partial charge in [-0.05, 0) is 42.2 Å². The Morgan fingerprint density at radius 2 is 1.92 bits per heavy atom. The van der Waals surface area contributed by atoms with Crippen molar-refractivity contribution in [1.29, 1.82) is 0 Å². The van der Waals surface area contributed by atoms with Gasteiger partial charge in [0.15, 0.2) is 5.84 Å². The largest absolute Gasteiger partial charge is 0.320 e. The van der Waals surface area contributed by atoms with Gasteiger partial charge < -0.3 is 4.90 Å². The summed E-state index contributed by atoms with van der Waals surface area (Å²) in [6.45, 7) is 9.42. The molecule has 2 heterocycles. The number of nitrogens with zero attached hydrogens (tertiary/aromatic N) is 5.